The lowest BCUT2D eigenvalue weighted by atomic mass is 10.0. The maximum Gasteiger partial charge on any atom is 0.272 e. The van der Waals surface area contributed by atoms with Crippen molar-refractivity contribution in [3.63, 3.8) is 0 Å². The lowest BCUT2D eigenvalue weighted by molar-refractivity contribution is -0.133. The van der Waals surface area contributed by atoms with Crippen molar-refractivity contribution in [3.8, 4) is 0 Å². The fourth-order valence-electron chi connectivity index (χ4n) is 3.24. The summed E-state index contributed by atoms with van der Waals surface area (Å²) in [7, 11) is 0. The molecule has 2 aromatic rings. The second kappa shape index (κ2) is 9.04. The maximum atomic E-state index is 13.7. The summed E-state index contributed by atoms with van der Waals surface area (Å²) in [5.41, 5.74) is 6.19. The van der Waals surface area contributed by atoms with E-state index in [4.69, 9.17) is 5.73 Å². The van der Waals surface area contributed by atoms with Crippen LogP contribution < -0.4 is 5.73 Å². The first-order valence-corrected chi connectivity index (χ1v) is 9.22. The van der Waals surface area contributed by atoms with Crippen LogP contribution in [0.5, 0.6) is 0 Å². The van der Waals surface area contributed by atoms with Gasteiger partial charge in [-0.25, -0.2) is 13.2 Å². The molecule has 3 rings (SSSR count). The van der Waals surface area contributed by atoms with Gasteiger partial charge >= 0.3 is 0 Å². The molecule has 6 nitrogen and oxygen atoms in total. The number of benzene rings is 1. The predicted molar refractivity (Wildman–Crippen MR) is 99.3 cm³/mol. The van der Waals surface area contributed by atoms with Gasteiger partial charge < -0.3 is 15.5 Å². The van der Waals surface area contributed by atoms with Gasteiger partial charge in [0.2, 0.25) is 5.91 Å². The van der Waals surface area contributed by atoms with Gasteiger partial charge in [0.15, 0.2) is 11.6 Å². The average Bonchev–Trinajstić information content (AvgIpc) is 2.72. The van der Waals surface area contributed by atoms with Gasteiger partial charge in [-0.3, -0.25) is 14.6 Å². The third-order valence-corrected chi connectivity index (χ3v) is 4.81. The highest BCUT2D eigenvalue weighted by atomic mass is 19.2. The summed E-state index contributed by atoms with van der Waals surface area (Å²) < 4.78 is 40.0. The molecule has 1 aliphatic heterocycles. The molecular formula is C20H21F3N4O2. The van der Waals surface area contributed by atoms with Gasteiger partial charge in [0.1, 0.15) is 11.5 Å². The zero-order valence-electron chi connectivity index (χ0n) is 15.7. The molecule has 0 saturated carbocycles. The minimum Gasteiger partial charge on any atom is -0.339 e. The summed E-state index contributed by atoms with van der Waals surface area (Å²) in [5, 5.41) is 0. The van der Waals surface area contributed by atoms with Crippen LogP contribution >= 0.6 is 0 Å². The zero-order chi connectivity index (χ0) is 21.0. The van der Waals surface area contributed by atoms with E-state index in [-0.39, 0.29) is 30.2 Å². The second-order valence-corrected chi connectivity index (χ2v) is 6.91. The Balaban J connectivity index is 1.51. The van der Waals surface area contributed by atoms with Crippen molar-refractivity contribution >= 4 is 11.8 Å². The number of aromatic nitrogens is 1. The summed E-state index contributed by atoms with van der Waals surface area (Å²) in [6, 6.07) is 5.58. The Morgan fingerprint density at radius 3 is 2.31 bits per heavy atom. The quantitative estimate of drug-likeness (QED) is 0.768. The smallest absolute Gasteiger partial charge is 0.272 e. The van der Waals surface area contributed by atoms with Gasteiger partial charge in [0.25, 0.3) is 5.91 Å². The van der Waals surface area contributed by atoms with Crippen molar-refractivity contribution in [1.29, 1.82) is 0 Å². The van der Waals surface area contributed by atoms with Gasteiger partial charge in [-0.15, -0.1) is 0 Å². The predicted octanol–water partition coefficient (Wildman–Crippen LogP) is 1.74. The summed E-state index contributed by atoms with van der Waals surface area (Å²) in [5.74, 6) is -3.75. The van der Waals surface area contributed by atoms with E-state index in [0.29, 0.717) is 37.9 Å². The van der Waals surface area contributed by atoms with Gasteiger partial charge in [-0.2, -0.15) is 0 Å². The molecule has 1 atom stereocenters. The van der Waals surface area contributed by atoms with Crippen LogP contribution in [0.1, 0.15) is 22.5 Å². The summed E-state index contributed by atoms with van der Waals surface area (Å²) in [6.45, 7) is 1.44. The molecule has 2 N–H and O–H groups in total. The second-order valence-electron chi connectivity index (χ2n) is 6.91. The van der Waals surface area contributed by atoms with Crippen LogP contribution in [0, 0.1) is 17.5 Å². The highest BCUT2D eigenvalue weighted by Crippen LogP contribution is 2.16. The van der Waals surface area contributed by atoms with Crippen LogP contribution in [0.3, 0.4) is 0 Å². The number of carbonyl (C=O) groups is 2. The first-order valence-electron chi connectivity index (χ1n) is 9.22. The lowest BCUT2D eigenvalue weighted by Gasteiger charge is -2.35. The number of nitrogens with zero attached hydrogens (tertiary/aromatic N) is 3. The molecule has 2 heterocycles. The molecule has 0 spiro atoms. The van der Waals surface area contributed by atoms with Crippen molar-refractivity contribution in [1.82, 2.24) is 14.8 Å². The van der Waals surface area contributed by atoms with E-state index in [0.717, 1.165) is 6.07 Å². The van der Waals surface area contributed by atoms with Crippen molar-refractivity contribution < 1.29 is 22.8 Å². The van der Waals surface area contributed by atoms with Crippen molar-refractivity contribution in [3.05, 3.63) is 65.2 Å². The molecule has 0 bridgehead atoms. The first-order chi connectivity index (χ1) is 13.8. The number of pyridine rings is 1. The Morgan fingerprint density at radius 2 is 1.66 bits per heavy atom. The molecule has 1 fully saturated rings. The largest absolute Gasteiger partial charge is 0.339 e. The zero-order valence-corrected chi connectivity index (χ0v) is 15.7. The summed E-state index contributed by atoms with van der Waals surface area (Å²) in [4.78, 5) is 32.1. The molecule has 9 heteroatoms. The van der Waals surface area contributed by atoms with E-state index in [1.54, 1.807) is 34.2 Å². The normalized spacial score (nSPS) is 15.3. The minimum atomic E-state index is -1.27. The van der Waals surface area contributed by atoms with Crippen LogP contribution in [0.4, 0.5) is 13.2 Å². The lowest BCUT2D eigenvalue weighted by Crippen LogP contribution is -2.51. The Hall–Kier alpha value is -2.94. The van der Waals surface area contributed by atoms with Crippen LogP contribution in [-0.2, 0) is 11.2 Å². The van der Waals surface area contributed by atoms with Gasteiger partial charge in [-0.05, 0) is 30.2 Å². The SMILES string of the molecule is N[C@@H](CC(=O)N1CCN(C(=O)c2ccccn2)CC1)Cc1cc(F)c(F)cc1F. The molecule has 1 saturated heterocycles. The Labute approximate surface area is 166 Å². The van der Waals surface area contributed by atoms with E-state index in [1.807, 2.05) is 0 Å². The van der Waals surface area contributed by atoms with E-state index >= 15 is 0 Å². The van der Waals surface area contributed by atoms with E-state index in [1.165, 1.54) is 0 Å². The van der Waals surface area contributed by atoms with Gasteiger partial charge in [0, 0.05) is 50.9 Å². The standard InChI is InChI=1S/C20H21F3N4O2/c21-15-12-17(23)16(22)10-13(15)9-14(24)11-19(28)26-5-7-27(8-6-26)20(29)18-3-1-2-4-25-18/h1-4,10,12,14H,5-9,11,24H2/t14-/m1/s1. The number of hydrogen-bond acceptors (Lipinski definition) is 4. The molecule has 0 aliphatic carbocycles. The Morgan fingerprint density at radius 1 is 1.00 bits per heavy atom. The molecule has 154 valence electrons. The highest BCUT2D eigenvalue weighted by molar-refractivity contribution is 5.92. The molecule has 0 unspecified atom stereocenters. The highest BCUT2D eigenvalue weighted by Gasteiger charge is 2.26. The van der Waals surface area contributed by atoms with Gasteiger partial charge in [0.05, 0.1) is 0 Å². The number of carbonyl (C=O) groups excluding carboxylic acids is 2. The van der Waals surface area contributed by atoms with E-state index < -0.39 is 23.5 Å². The molecule has 1 aromatic carbocycles. The van der Waals surface area contributed by atoms with Crippen LogP contribution in [0.2, 0.25) is 0 Å². The maximum absolute atomic E-state index is 13.7. The Bertz CT molecular complexity index is 887. The fourth-order valence-corrected chi connectivity index (χ4v) is 3.24. The first kappa shape index (κ1) is 20.8. The Kier molecular flexibility index (Phi) is 6.48. The van der Waals surface area contributed by atoms with Crippen LogP contribution in [-0.4, -0.2) is 58.8 Å². The van der Waals surface area contributed by atoms with Crippen LogP contribution in [0.15, 0.2) is 36.5 Å². The number of halogens is 3. The topological polar surface area (TPSA) is 79.5 Å². The minimum absolute atomic E-state index is 0.0629. The third kappa shape index (κ3) is 5.11. The van der Waals surface area contributed by atoms with Crippen molar-refractivity contribution in [2.45, 2.75) is 18.9 Å². The number of rotatable bonds is 5. The number of hydrogen-bond donors (Lipinski definition) is 1. The van der Waals surface area contributed by atoms with Crippen molar-refractivity contribution in [2.75, 3.05) is 26.2 Å². The van der Waals surface area contributed by atoms with E-state index in [2.05, 4.69) is 4.98 Å². The molecule has 1 aliphatic rings. The van der Waals surface area contributed by atoms with Crippen LogP contribution in [0.25, 0.3) is 0 Å². The number of nitrogens with two attached hydrogens (primary N) is 1. The molecule has 29 heavy (non-hydrogen) atoms. The summed E-state index contributed by atoms with van der Waals surface area (Å²) in [6.07, 6.45) is 1.39. The summed E-state index contributed by atoms with van der Waals surface area (Å²) >= 11 is 0. The monoisotopic (exact) mass is 406 g/mol. The number of amides is 2. The van der Waals surface area contributed by atoms with Crippen molar-refractivity contribution in [2.24, 2.45) is 5.73 Å². The van der Waals surface area contributed by atoms with Gasteiger partial charge in [-0.1, -0.05) is 6.07 Å². The molecular weight excluding hydrogens is 385 g/mol. The molecule has 2 amide bonds. The fraction of sp³-hybridized carbons (Fsp3) is 0.350. The molecule has 1 aromatic heterocycles. The molecule has 0 radical (unpaired) electrons. The number of piperazine rings is 1. The van der Waals surface area contributed by atoms with E-state index in [9.17, 15) is 22.8 Å². The average molecular weight is 406 g/mol. The third-order valence-electron chi connectivity index (χ3n) is 4.81.